The fraction of sp³-hybridized carbons (Fsp3) is 0.778. The van der Waals surface area contributed by atoms with Crippen molar-refractivity contribution >= 4 is 21.6 Å². The molecule has 1 aliphatic rings. The first kappa shape index (κ1) is 22.8. The van der Waals surface area contributed by atoms with E-state index >= 15 is 0 Å². The van der Waals surface area contributed by atoms with E-state index in [1.165, 1.54) is 19.9 Å². The van der Waals surface area contributed by atoms with Gasteiger partial charge in [0.2, 0.25) is 11.8 Å². The quantitative estimate of drug-likeness (QED) is 0.604. The van der Waals surface area contributed by atoms with Gasteiger partial charge in [0.25, 0.3) is 0 Å². The van der Waals surface area contributed by atoms with Gasteiger partial charge in [0.1, 0.15) is 16.0 Å². The van der Waals surface area contributed by atoms with Gasteiger partial charge >= 0.3 is 0 Å². The zero-order valence-electron chi connectivity index (χ0n) is 17.1. The van der Waals surface area contributed by atoms with Crippen LogP contribution in [0.2, 0.25) is 0 Å². The van der Waals surface area contributed by atoms with E-state index in [2.05, 4.69) is 10.5 Å². The molecule has 1 aromatic rings. The molecule has 1 aromatic heterocycles. The molecule has 0 aliphatic carbocycles. The van der Waals surface area contributed by atoms with Crippen LogP contribution in [0.3, 0.4) is 0 Å². The second-order valence-corrected chi connectivity index (χ2v) is 10.5. The standard InChI is InChI=1S/C18H30N2O7S/c1-17(2,26-11-10-24-5)14-12-15(27-20-14)19-16(21)18(3,4)28(22,23)13-6-8-25-9-7-13/h12-13H,6-11H2,1-5H3,(H,19,21). The van der Waals surface area contributed by atoms with Crippen LogP contribution >= 0.6 is 0 Å². The Morgan fingerprint density at radius 1 is 1.25 bits per heavy atom. The molecule has 160 valence electrons. The number of sulfone groups is 1. The lowest BCUT2D eigenvalue weighted by atomic mass is 10.1. The van der Waals surface area contributed by atoms with Crippen LogP contribution in [0.1, 0.15) is 46.2 Å². The van der Waals surface area contributed by atoms with Gasteiger partial charge in [0.05, 0.1) is 18.5 Å². The first-order valence-electron chi connectivity index (χ1n) is 9.25. The summed E-state index contributed by atoms with van der Waals surface area (Å²) in [4.78, 5) is 12.7. The van der Waals surface area contributed by atoms with Crippen LogP contribution < -0.4 is 5.32 Å². The monoisotopic (exact) mass is 418 g/mol. The molecule has 0 radical (unpaired) electrons. The zero-order valence-corrected chi connectivity index (χ0v) is 17.9. The van der Waals surface area contributed by atoms with E-state index in [1.54, 1.807) is 7.11 Å². The second kappa shape index (κ2) is 8.89. The number of ether oxygens (including phenoxy) is 3. The van der Waals surface area contributed by atoms with Gasteiger partial charge in [-0.25, -0.2) is 8.42 Å². The fourth-order valence-corrected chi connectivity index (χ4v) is 4.82. The average molecular weight is 419 g/mol. The van der Waals surface area contributed by atoms with Crippen LogP contribution in [0.4, 0.5) is 5.88 Å². The van der Waals surface area contributed by atoms with Crippen LogP contribution in [0.15, 0.2) is 10.6 Å². The molecule has 1 N–H and O–H groups in total. The maximum atomic E-state index is 13.0. The van der Waals surface area contributed by atoms with Crippen LogP contribution in [-0.2, 0) is 34.4 Å². The summed E-state index contributed by atoms with van der Waals surface area (Å²) in [6, 6.07) is 1.53. The minimum atomic E-state index is -3.71. The number of methoxy groups -OCH3 is 1. The van der Waals surface area contributed by atoms with Crippen molar-refractivity contribution in [3.63, 3.8) is 0 Å². The summed E-state index contributed by atoms with van der Waals surface area (Å²) in [6.07, 6.45) is 0.775. The lowest BCUT2D eigenvalue weighted by Crippen LogP contribution is -2.50. The molecule has 1 fully saturated rings. The Bertz CT molecular complexity index is 765. The Hall–Kier alpha value is -1.49. The number of aromatic nitrogens is 1. The Morgan fingerprint density at radius 3 is 2.50 bits per heavy atom. The summed E-state index contributed by atoms with van der Waals surface area (Å²) in [5, 5.41) is 5.86. The molecule has 2 heterocycles. The third-order valence-corrected chi connectivity index (χ3v) is 7.94. The van der Waals surface area contributed by atoms with Crippen molar-refractivity contribution in [1.29, 1.82) is 0 Å². The third-order valence-electron chi connectivity index (χ3n) is 4.98. The molecule has 10 heteroatoms. The van der Waals surface area contributed by atoms with Crippen molar-refractivity contribution in [2.45, 2.75) is 56.1 Å². The van der Waals surface area contributed by atoms with Crippen molar-refractivity contribution < 1.29 is 31.9 Å². The molecule has 1 saturated heterocycles. The van der Waals surface area contributed by atoms with Gasteiger partial charge in [0.15, 0.2) is 9.84 Å². The molecule has 1 aliphatic heterocycles. The number of hydrogen-bond acceptors (Lipinski definition) is 8. The van der Waals surface area contributed by atoms with Gasteiger partial charge in [0, 0.05) is 26.4 Å². The number of rotatable bonds is 9. The van der Waals surface area contributed by atoms with Crippen molar-refractivity contribution in [3.05, 3.63) is 11.8 Å². The normalized spacial score (nSPS) is 16.9. The topological polar surface area (TPSA) is 117 Å². The highest BCUT2D eigenvalue weighted by Gasteiger charge is 2.47. The molecular weight excluding hydrogens is 388 g/mol. The van der Waals surface area contributed by atoms with Gasteiger partial charge in [-0.2, -0.15) is 0 Å². The van der Waals surface area contributed by atoms with E-state index in [0.717, 1.165) is 0 Å². The van der Waals surface area contributed by atoms with Crippen LogP contribution in [-0.4, -0.2) is 63.0 Å². The predicted octanol–water partition coefficient (Wildman–Crippen LogP) is 1.88. The number of hydrogen-bond donors (Lipinski definition) is 1. The van der Waals surface area contributed by atoms with E-state index in [9.17, 15) is 13.2 Å². The molecule has 0 unspecified atom stereocenters. The van der Waals surface area contributed by atoms with Gasteiger partial charge in [-0.1, -0.05) is 5.16 Å². The van der Waals surface area contributed by atoms with E-state index < -0.39 is 31.3 Å². The molecule has 28 heavy (non-hydrogen) atoms. The first-order chi connectivity index (χ1) is 13.0. The number of carbonyl (C=O) groups excluding carboxylic acids is 1. The van der Waals surface area contributed by atoms with E-state index in [1.807, 2.05) is 13.8 Å². The van der Waals surface area contributed by atoms with Crippen molar-refractivity contribution in [3.8, 4) is 0 Å². The van der Waals surface area contributed by atoms with Gasteiger partial charge in [-0.05, 0) is 40.5 Å². The SMILES string of the molecule is COCCOC(C)(C)c1cc(NC(=O)C(C)(C)S(=O)(=O)C2CCOCC2)on1. The van der Waals surface area contributed by atoms with Gasteiger partial charge in [-0.3, -0.25) is 10.1 Å². The largest absolute Gasteiger partial charge is 0.382 e. The third kappa shape index (κ3) is 4.91. The van der Waals surface area contributed by atoms with E-state index in [-0.39, 0.29) is 5.88 Å². The van der Waals surface area contributed by atoms with Crippen LogP contribution in [0.25, 0.3) is 0 Å². The second-order valence-electron chi connectivity index (χ2n) is 7.75. The molecular formula is C18H30N2O7S. The van der Waals surface area contributed by atoms with E-state index in [4.69, 9.17) is 18.7 Å². The van der Waals surface area contributed by atoms with Crippen LogP contribution in [0, 0.1) is 0 Å². The maximum Gasteiger partial charge on any atom is 0.247 e. The number of nitrogens with one attached hydrogen (secondary N) is 1. The lowest BCUT2D eigenvalue weighted by Gasteiger charge is -2.30. The highest BCUT2D eigenvalue weighted by molar-refractivity contribution is 7.94. The first-order valence-corrected chi connectivity index (χ1v) is 10.8. The molecule has 2 rings (SSSR count). The zero-order chi connectivity index (χ0) is 21.0. The summed E-state index contributed by atoms with van der Waals surface area (Å²) < 4.78 is 45.4. The summed E-state index contributed by atoms with van der Waals surface area (Å²) in [5.74, 6) is -0.599. The summed E-state index contributed by atoms with van der Waals surface area (Å²) in [7, 11) is -2.13. The summed E-state index contributed by atoms with van der Waals surface area (Å²) in [6.45, 7) is 8.00. The molecule has 1 amide bonds. The summed E-state index contributed by atoms with van der Waals surface area (Å²) >= 11 is 0. The molecule has 0 atom stereocenters. The number of anilines is 1. The van der Waals surface area contributed by atoms with Gasteiger partial charge in [-0.15, -0.1) is 0 Å². The van der Waals surface area contributed by atoms with Crippen molar-refractivity contribution in [2.24, 2.45) is 0 Å². The Labute approximate surface area is 166 Å². The predicted molar refractivity (Wildman–Crippen MR) is 103 cm³/mol. The highest BCUT2D eigenvalue weighted by atomic mass is 32.2. The Kier molecular flexibility index (Phi) is 7.24. The van der Waals surface area contributed by atoms with Crippen molar-refractivity contribution in [1.82, 2.24) is 5.16 Å². The number of nitrogens with zero attached hydrogens (tertiary/aromatic N) is 1. The number of carbonyl (C=O) groups is 1. The minimum absolute atomic E-state index is 0.0682. The fourth-order valence-electron chi connectivity index (χ4n) is 2.87. The molecule has 0 saturated carbocycles. The van der Waals surface area contributed by atoms with Crippen LogP contribution in [0.5, 0.6) is 0 Å². The Morgan fingerprint density at radius 2 is 1.89 bits per heavy atom. The highest BCUT2D eigenvalue weighted by Crippen LogP contribution is 2.30. The number of amides is 1. The smallest absolute Gasteiger partial charge is 0.247 e. The average Bonchev–Trinajstić information content (AvgIpc) is 3.12. The molecule has 0 bridgehead atoms. The molecule has 9 nitrogen and oxygen atoms in total. The van der Waals surface area contributed by atoms with E-state index in [0.29, 0.717) is 45.0 Å². The molecule has 0 aromatic carbocycles. The summed E-state index contributed by atoms with van der Waals surface area (Å²) in [5.41, 5.74) is -0.279. The van der Waals surface area contributed by atoms with Crippen molar-refractivity contribution in [2.75, 3.05) is 38.9 Å². The van der Waals surface area contributed by atoms with Gasteiger partial charge < -0.3 is 18.7 Å². The maximum absolute atomic E-state index is 13.0. The lowest BCUT2D eigenvalue weighted by molar-refractivity contribution is -0.118. The Balaban J connectivity index is 2.08. The minimum Gasteiger partial charge on any atom is -0.382 e. The molecule has 0 spiro atoms.